The SMILES string of the molecule is Cc1[nH]c(CC(C)(C)CN)nc1-c1ccccc1. The lowest BCUT2D eigenvalue weighted by Crippen LogP contribution is -2.26. The lowest BCUT2D eigenvalue weighted by molar-refractivity contribution is 0.369. The second kappa shape index (κ2) is 4.94. The Morgan fingerprint density at radius 1 is 1.22 bits per heavy atom. The van der Waals surface area contributed by atoms with Crippen molar-refractivity contribution in [1.82, 2.24) is 9.97 Å². The number of rotatable bonds is 4. The normalized spacial score (nSPS) is 11.8. The zero-order chi connectivity index (χ0) is 13.2. The number of benzene rings is 1. The second-order valence-corrected chi connectivity index (χ2v) is 5.57. The Kier molecular flexibility index (Phi) is 3.53. The summed E-state index contributed by atoms with van der Waals surface area (Å²) >= 11 is 0. The third-order valence-electron chi connectivity index (χ3n) is 3.18. The lowest BCUT2D eigenvalue weighted by atomic mass is 9.89. The van der Waals surface area contributed by atoms with Crippen LogP contribution in [0.25, 0.3) is 11.3 Å². The molecule has 3 nitrogen and oxygen atoms in total. The van der Waals surface area contributed by atoms with Crippen molar-refractivity contribution < 1.29 is 0 Å². The Labute approximate surface area is 108 Å². The second-order valence-electron chi connectivity index (χ2n) is 5.57. The average Bonchev–Trinajstić information content (AvgIpc) is 2.70. The molecule has 18 heavy (non-hydrogen) atoms. The molecule has 1 aromatic heterocycles. The first-order valence-corrected chi connectivity index (χ1v) is 6.33. The monoisotopic (exact) mass is 243 g/mol. The molecule has 0 aliphatic rings. The zero-order valence-corrected chi connectivity index (χ0v) is 11.3. The number of nitrogens with two attached hydrogens (primary N) is 1. The number of nitrogens with one attached hydrogen (secondary N) is 1. The van der Waals surface area contributed by atoms with Gasteiger partial charge in [0, 0.05) is 17.7 Å². The van der Waals surface area contributed by atoms with Crippen LogP contribution in [-0.2, 0) is 6.42 Å². The highest BCUT2D eigenvalue weighted by atomic mass is 14.9. The van der Waals surface area contributed by atoms with Gasteiger partial charge in [-0.3, -0.25) is 0 Å². The van der Waals surface area contributed by atoms with E-state index in [1.807, 2.05) is 18.2 Å². The molecule has 0 aliphatic carbocycles. The number of hydrogen-bond acceptors (Lipinski definition) is 2. The minimum Gasteiger partial charge on any atom is -0.346 e. The van der Waals surface area contributed by atoms with E-state index in [2.05, 4.69) is 37.9 Å². The molecule has 0 amide bonds. The summed E-state index contributed by atoms with van der Waals surface area (Å²) in [7, 11) is 0. The van der Waals surface area contributed by atoms with Gasteiger partial charge < -0.3 is 10.7 Å². The van der Waals surface area contributed by atoms with Gasteiger partial charge in [0.1, 0.15) is 5.82 Å². The Bertz CT molecular complexity index is 512. The van der Waals surface area contributed by atoms with Gasteiger partial charge in [0.25, 0.3) is 0 Å². The molecule has 3 heteroatoms. The smallest absolute Gasteiger partial charge is 0.107 e. The van der Waals surface area contributed by atoms with Gasteiger partial charge in [0.15, 0.2) is 0 Å². The first kappa shape index (κ1) is 12.8. The van der Waals surface area contributed by atoms with E-state index in [-0.39, 0.29) is 5.41 Å². The van der Waals surface area contributed by atoms with Crippen LogP contribution in [0.1, 0.15) is 25.4 Å². The predicted molar refractivity (Wildman–Crippen MR) is 75.3 cm³/mol. The first-order chi connectivity index (χ1) is 8.52. The molecule has 0 bridgehead atoms. The van der Waals surface area contributed by atoms with Gasteiger partial charge >= 0.3 is 0 Å². The number of imidazole rings is 1. The van der Waals surface area contributed by atoms with Crippen LogP contribution in [0.4, 0.5) is 0 Å². The van der Waals surface area contributed by atoms with Crippen LogP contribution in [-0.4, -0.2) is 16.5 Å². The molecule has 1 heterocycles. The maximum absolute atomic E-state index is 5.77. The van der Waals surface area contributed by atoms with Crippen molar-refractivity contribution in [3.8, 4) is 11.3 Å². The van der Waals surface area contributed by atoms with Crippen LogP contribution in [0, 0.1) is 12.3 Å². The highest BCUT2D eigenvalue weighted by Gasteiger charge is 2.19. The fourth-order valence-electron chi connectivity index (χ4n) is 2.01. The summed E-state index contributed by atoms with van der Waals surface area (Å²) in [4.78, 5) is 8.07. The Morgan fingerprint density at radius 3 is 2.50 bits per heavy atom. The van der Waals surface area contributed by atoms with Crippen LogP contribution in [0.15, 0.2) is 30.3 Å². The van der Waals surface area contributed by atoms with Crippen LogP contribution in [0.5, 0.6) is 0 Å². The Morgan fingerprint density at radius 2 is 1.89 bits per heavy atom. The minimum absolute atomic E-state index is 0.0816. The average molecular weight is 243 g/mol. The van der Waals surface area contributed by atoms with Crippen molar-refractivity contribution in [1.29, 1.82) is 0 Å². The molecule has 0 atom stereocenters. The van der Waals surface area contributed by atoms with E-state index in [1.54, 1.807) is 0 Å². The molecule has 0 unspecified atom stereocenters. The zero-order valence-electron chi connectivity index (χ0n) is 11.3. The molecule has 0 saturated carbocycles. The van der Waals surface area contributed by atoms with E-state index in [4.69, 9.17) is 10.7 Å². The molecule has 2 aromatic rings. The minimum atomic E-state index is 0.0816. The third kappa shape index (κ3) is 2.79. The van der Waals surface area contributed by atoms with Crippen molar-refractivity contribution in [2.45, 2.75) is 27.2 Å². The van der Waals surface area contributed by atoms with Crippen molar-refractivity contribution in [2.75, 3.05) is 6.54 Å². The van der Waals surface area contributed by atoms with Crippen molar-refractivity contribution in [3.63, 3.8) is 0 Å². The molecule has 2 rings (SSSR count). The summed E-state index contributed by atoms with van der Waals surface area (Å²) in [5.74, 6) is 1.02. The maximum atomic E-state index is 5.77. The van der Waals surface area contributed by atoms with Crippen molar-refractivity contribution >= 4 is 0 Å². The van der Waals surface area contributed by atoms with Gasteiger partial charge in [0.2, 0.25) is 0 Å². The number of nitrogens with zero attached hydrogens (tertiary/aromatic N) is 1. The molecule has 0 fully saturated rings. The molecule has 0 spiro atoms. The largest absolute Gasteiger partial charge is 0.346 e. The Balaban J connectivity index is 2.28. The van der Waals surface area contributed by atoms with Gasteiger partial charge in [-0.05, 0) is 18.9 Å². The molecule has 3 N–H and O–H groups in total. The first-order valence-electron chi connectivity index (χ1n) is 6.33. The van der Waals surface area contributed by atoms with Gasteiger partial charge in [-0.25, -0.2) is 4.98 Å². The summed E-state index contributed by atoms with van der Waals surface area (Å²) in [6.07, 6.45) is 0.872. The summed E-state index contributed by atoms with van der Waals surface area (Å²) in [5, 5.41) is 0. The quantitative estimate of drug-likeness (QED) is 0.867. The van der Waals surface area contributed by atoms with Gasteiger partial charge in [-0.2, -0.15) is 0 Å². The van der Waals surface area contributed by atoms with E-state index in [9.17, 15) is 0 Å². The fraction of sp³-hybridized carbons (Fsp3) is 0.400. The van der Waals surface area contributed by atoms with E-state index >= 15 is 0 Å². The molecule has 1 aromatic carbocycles. The molecular weight excluding hydrogens is 222 g/mol. The maximum Gasteiger partial charge on any atom is 0.107 e. The highest BCUT2D eigenvalue weighted by Crippen LogP contribution is 2.24. The summed E-state index contributed by atoms with van der Waals surface area (Å²) in [6, 6.07) is 10.3. The molecular formula is C15H21N3. The fourth-order valence-corrected chi connectivity index (χ4v) is 2.01. The summed E-state index contributed by atoms with van der Waals surface area (Å²) in [6.45, 7) is 7.04. The van der Waals surface area contributed by atoms with Gasteiger partial charge in [0.05, 0.1) is 5.69 Å². The highest BCUT2D eigenvalue weighted by molar-refractivity contribution is 5.61. The number of aromatic amines is 1. The molecule has 96 valence electrons. The number of aryl methyl sites for hydroxylation is 1. The number of H-pyrrole nitrogens is 1. The topological polar surface area (TPSA) is 54.7 Å². The van der Waals surface area contributed by atoms with Crippen molar-refractivity contribution in [3.05, 3.63) is 41.9 Å². The predicted octanol–water partition coefficient (Wildman–Crippen LogP) is 2.91. The van der Waals surface area contributed by atoms with Crippen molar-refractivity contribution in [2.24, 2.45) is 11.1 Å². The van der Waals surface area contributed by atoms with Crippen LogP contribution < -0.4 is 5.73 Å². The van der Waals surface area contributed by atoms with Gasteiger partial charge in [-0.1, -0.05) is 44.2 Å². The van der Waals surface area contributed by atoms with E-state index in [1.165, 1.54) is 0 Å². The van der Waals surface area contributed by atoms with Crippen LogP contribution >= 0.6 is 0 Å². The number of aromatic nitrogens is 2. The number of hydrogen-bond donors (Lipinski definition) is 2. The van der Waals surface area contributed by atoms with Gasteiger partial charge in [-0.15, -0.1) is 0 Å². The molecule has 0 aliphatic heterocycles. The molecule has 0 radical (unpaired) electrons. The molecule has 0 saturated heterocycles. The van der Waals surface area contributed by atoms with E-state index in [0.717, 1.165) is 29.2 Å². The standard InChI is InChI=1S/C15H21N3/c1-11-14(12-7-5-4-6-8-12)18-13(17-11)9-15(2,3)10-16/h4-8H,9-10,16H2,1-3H3,(H,17,18). The van der Waals surface area contributed by atoms with Crippen LogP contribution in [0.2, 0.25) is 0 Å². The van der Waals surface area contributed by atoms with E-state index in [0.29, 0.717) is 6.54 Å². The third-order valence-corrected chi connectivity index (χ3v) is 3.18. The lowest BCUT2D eigenvalue weighted by Gasteiger charge is -2.20. The van der Waals surface area contributed by atoms with Crippen LogP contribution in [0.3, 0.4) is 0 Å². The summed E-state index contributed by atoms with van der Waals surface area (Å²) in [5.41, 5.74) is 9.16. The summed E-state index contributed by atoms with van der Waals surface area (Å²) < 4.78 is 0. The van der Waals surface area contributed by atoms with E-state index < -0.39 is 0 Å². The Hall–Kier alpha value is -1.61.